The molecule has 37 heavy (non-hydrogen) atoms. The number of rotatable bonds is 17. The van der Waals surface area contributed by atoms with Crippen LogP contribution in [0.25, 0.3) is 0 Å². The highest BCUT2D eigenvalue weighted by Gasteiger charge is 2.67. The molecule has 1 saturated carbocycles. The molecule has 0 radical (unpaired) electrons. The number of carbonyl (C=O) groups is 4. The number of carbonyl (C=O) groups excluding carboxylic acids is 3. The standard InChI is InChI=1S/C27H38N2O8/c1-2-36-25(32)13-7-4-8-14-35-19-27-16-21(26(33)34)29(22(27)17-27)24(31)18-28-23(30)12-9-15-37-20-10-5-3-6-11-20/h3,5-6,10-11,21-22H,2,4,7-9,12-19H2,1H3,(H,28,30)(H,33,34)/t21-,22-,27+/m0/s1. The predicted octanol–water partition coefficient (Wildman–Crippen LogP) is 2.55. The summed E-state index contributed by atoms with van der Waals surface area (Å²) in [5, 5.41) is 12.3. The molecule has 1 heterocycles. The van der Waals surface area contributed by atoms with Crippen LogP contribution in [0.3, 0.4) is 0 Å². The number of carboxylic acid groups (broad SMARTS) is 1. The molecular weight excluding hydrogens is 480 g/mol. The lowest BCUT2D eigenvalue weighted by Gasteiger charge is -2.24. The topological polar surface area (TPSA) is 131 Å². The Balaban J connectivity index is 1.33. The minimum absolute atomic E-state index is 0.180. The Labute approximate surface area is 217 Å². The van der Waals surface area contributed by atoms with Gasteiger partial charge in [0.05, 0.1) is 26.4 Å². The smallest absolute Gasteiger partial charge is 0.326 e. The van der Waals surface area contributed by atoms with Crippen LogP contribution < -0.4 is 10.1 Å². The van der Waals surface area contributed by atoms with Crippen LogP contribution in [0.2, 0.25) is 0 Å². The first-order valence-electron chi connectivity index (χ1n) is 13.1. The first-order chi connectivity index (χ1) is 17.9. The van der Waals surface area contributed by atoms with Crippen LogP contribution in [0.1, 0.15) is 58.3 Å². The van der Waals surface area contributed by atoms with Gasteiger partial charge in [0, 0.05) is 30.9 Å². The molecule has 204 valence electrons. The Morgan fingerprint density at radius 3 is 2.54 bits per heavy atom. The summed E-state index contributed by atoms with van der Waals surface area (Å²) in [5.74, 6) is -1.15. The van der Waals surface area contributed by atoms with Gasteiger partial charge in [-0.3, -0.25) is 14.4 Å². The van der Waals surface area contributed by atoms with E-state index in [1.165, 1.54) is 4.90 Å². The van der Waals surface area contributed by atoms with Crippen molar-refractivity contribution in [2.45, 2.75) is 70.4 Å². The summed E-state index contributed by atoms with van der Waals surface area (Å²) in [6.07, 6.45) is 4.55. The van der Waals surface area contributed by atoms with E-state index < -0.39 is 12.0 Å². The van der Waals surface area contributed by atoms with Crippen LogP contribution in [0.15, 0.2) is 30.3 Å². The Morgan fingerprint density at radius 2 is 1.81 bits per heavy atom. The van der Waals surface area contributed by atoms with Gasteiger partial charge in [-0.15, -0.1) is 0 Å². The van der Waals surface area contributed by atoms with E-state index in [9.17, 15) is 24.3 Å². The van der Waals surface area contributed by atoms with Gasteiger partial charge < -0.3 is 29.5 Å². The van der Waals surface area contributed by atoms with Crippen LogP contribution in [0, 0.1) is 5.41 Å². The summed E-state index contributed by atoms with van der Waals surface area (Å²) in [5.41, 5.74) is -0.331. The zero-order valence-corrected chi connectivity index (χ0v) is 21.5. The molecule has 1 saturated heterocycles. The maximum absolute atomic E-state index is 12.9. The van der Waals surface area contributed by atoms with Crippen LogP contribution in [0.5, 0.6) is 5.75 Å². The molecule has 10 heteroatoms. The number of piperidine rings is 1. The van der Waals surface area contributed by atoms with Gasteiger partial charge in [0.1, 0.15) is 11.8 Å². The molecule has 3 atom stereocenters. The molecule has 2 N–H and O–H groups in total. The summed E-state index contributed by atoms with van der Waals surface area (Å²) in [6, 6.07) is 8.22. The molecule has 0 spiro atoms. The first kappa shape index (κ1) is 28.4. The third kappa shape index (κ3) is 8.45. The second-order valence-corrected chi connectivity index (χ2v) is 9.65. The third-order valence-electron chi connectivity index (χ3n) is 6.85. The average molecular weight is 519 g/mol. The van der Waals surface area contributed by atoms with Crippen LogP contribution in [-0.2, 0) is 28.7 Å². The molecule has 2 fully saturated rings. The number of ether oxygens (including phenoxy) is 3. The van der Waals surface area contributed by atoms with Crippen LogP contribution in [-0.4, -0.2) is 78.8 Å². The van der Waals surface area contributed by atoms with Crippen molar-refractivity contribution in [2.75, 3.05) is 33.0 Å². The van der Waals surface area contributed by atoms with Gasteiger partial charge in [0.15, 0.2) is 0 Å². The molecule has 3 rings (SSSR count). The van der Waals surface area contributed by atoms with E-state index in [1.54, 1.807) is 6.92 Å². The number of likely N-dealkylation sites (tertiary alicyclic amines) is 1. The highest BCUT2D eigenvalue weighted by Crippen LogP contribution is 2.59. The Morgan fingerprint density at radius 1 is 1.03 bits per heavy atom. The number of hydrogen-bond acceptors (Lipinski definition) is 7. The predicted molar refractivity (Wildman–Crippen MR) is 134 cm³/mol. The van der Waals surface area contributed by atoms with Crippen molar-refractivity contribution in [2.24, 2.45) is 5.41 Å². The average Bonchev–Trinajstić information content (AvgIpc) is 3.48. The number of benzene rings is 1. The summed E-state index contributed by atoms with van der Waals surface area (Å²) in [7, 11) is 0. The number of para-hydroxylation sites is 1. The first-order valence-corrected chi connectivity index (χ1v) is 13.1. The van der Waals surface area contributed by atoms with Gasteiger partial charge in [0.25, 0.3) is 0 Å². The fourth-order valence-corrected chi connectivity index (χ4v) is 4.86. The van der Waals surface area contributed by atoms with E-state index in [0.717, 1.165) is 25.0 Å². The largest absolute Gasteiger partial charge is 0.494 e. The fraction of sp³-hybridized carbons (Fsp3) is 0.630. The van der Waals surface area contributed by atoms with Gasteiger partial charge in [-0.1, -0.05) is 24.6 Å². The fourth-order valence-electron chi connectivity index (χ4n) is 4.86. The normalized spacial score (nSPS) is 21.7. The highest BCUT2D eigenvalue weighted by molar-refractivity contribution is 5.89. The van der Waals surface area contributed by atoms with Crippen molar-refractivity contribution in [1.82, 2.24) is 10.2 Å². The molecular formula is C27H38N2O8. The lowest BCUT2D eigenvalue weighted by molar-refractivity contribution is -0.149. The molecule has 10 nitrogen and oxygen atoms in total. The van der Waals surface area contributed by atoms with Crippen molar-refractivity contribution >= 4 is 23.8 Å². The maximum Gasteiger partial charge on any atom is 0.326 e. The molecule has 0 bridgehead atoms. The van der Waals surface area contributed by atoms with Gasteiger partial charge in [0.2, 0.25) is 11.8 Å². The second kappa shape index (κ2) is 14.0. The number of hydrogen-bond donors (Lipinski definition) is 2. The van der Waals surface area contributed by atoms with E-state index in [0.29, 0.717) is 52.1 Å². The van der Waals surface area contributed by atoms with Crippen molar-refractivity contribution in [3.63, 3.8) is 0 Å². The molecule has 0 aromatic heterocycles. The van der Waals surface area contributed by atoms with E-state index in [2.05, 4.69) is 5.32 Å². The van der Waals surface area contributed by atoms with Crippen LogP contribution >= 0.6 is 0 Å². The molecule has 1 aromatic rings. The van der Waals surface area contributed by atoms with Gasteiger partial charge >= 0.3 is 11.9 Å². The molecule has 1 aliphatic carbocycles. The monoisotopic (exact) mass is 518 g/mol. The second-order valence-electron chi connectivity index (χ2n) is 9.65. The number of nitrogens with zero attached hydrogens (tertiary/aromatic N) is 1. The van der Waals surface area contributed by atoms with Crippen LogP contribution in [0.4, 0.5) is 0 Å². The zero-order valence-electron chi connectivity index (χ0n) is 21.5. The number of nitrogens with one attached hydrogen (secondary N) is 1. The van der Waals surface area contributed by atoms with Crippen molar-refractivity contribution in [3.8, 4) is 5.75 Å². The Bertz CT molecular complexity index is 924. The minimum Gasteiger partial charge on any atom is -0.494 e. The number of carboxylic acids is 1. The zero-order chi connectivity index (χ0) is 26.7. The molecule has 2 amide bonds. The van der Waals surface area contributed by atoms with E-state index in [-0.39, 0.29) is 42.2 Å². The van der Waals surface area contributed by atoms with Crippen molar-refractivity contribution in [3.05, 3.63) is 30.3 Å². The summed E-state index contributed by atoms with van der Waals surface area (Å²) < 4.78 is 16.3. The maximum atomic E-state index is 12.9. The lowest BCUT2D eigenvalue weighted by atomic mass is 10.0. The number of unbranched alkanes of at least 4 members (excludes halogenated alkanes) is 2. The van der Waals surface area contributed by atoms with E-state index in [1.807, 2.05) is 30.3 Å². The molecule has 0 unspecified atom stereocenters. The SMILES string of the molecule is CCOC(=O)CCCCCOC[C@@]12C[C@@H]1N(C(=O)CNC(=O)CCCOc1ccccc1)[C@H](C(=O)O)C2. The number of esters is 1. The van der Waals surface area contributed by atoms with Crippen molar-refractivity contribution in [1.29, 1.82) is 0 Å². The minimum atomic E-state index is -1.04. The number of fused-ring (bicyclic) bond motifs is 1. The summed E-state index contributed by atoms with van der Waals surface area (Å²) >= 11 is 0. The lowest BCUT2D eigenvalue weighted by Crippen LogP contribution is -2.47. The summed E-state index contributed by atoms with van der Waals surface area (Å²) in [6.45, 7) is 3.25. The Hall–Kier alpha value is -3.14. The van der Waals surface area contributed by atoms with Gasteiger partial charge in [-0.2, -0.15) is 0 Å². The highest BCUT2D eigenvalue weighted by atomic mass is 16.5. The van der Waals surface area contributed by atoms with E-state index in [4.69, 9.17) is 14.2 Å². The third-order valence-corrected chi connectivity index (χ3v) is 6.85. The van der Waals surface area contributed by atoms with Gasteiger partial charge in [-0.25, -0.2) is 4.79 Å². The summed E-state index contributed by atoms with van der Waals surface area (Å²) in [4.78, 5) is 49.6. The number of amides is 2. The number of aliphatic carboxylic acids is 1. The van der Waals surface area contributed by atoms with E-state index >= 15 is 0 Å². The van der Waals surface area contributed by atoms with Gasteiger partial charge in [-0.05, 0) is 51.2 Å². The quantitative estimate of drug-likeness (QED) is 0.238. The van der Waals surface area contributed by atoms with Crippen molar-refractivity contribution < 1.29 is 38.5 Å². The molecule has 1 aromatic carbocycles. The molecule has 2 aliphatic rings. The molecule has 1 aliphatic heterocycles. The Kier molecular flexibility index (Phi) is 10.7.